The summed E-state index contributed by atoms with van der Waals surface area (Å²) in [5.41, 5.74) is 16.8. The van der Waals surface area contributed by atoms with E-state index in [1.54, 1.807) is 0 Å². The van der Waals surface area contributed by atoms with Crippen molar-refractivity contribution in [3.8, 4) is 0 Å². The van der Waals surface area contributed by atoms with Gasteiger partial charge in [-0.25, -0.2) is 0 Å². The maximum absolute atomic E-state index is 6.39. The number of hydrogen-bond acceptors (Lipinski definition) is 3. The Kier molecular flexibility index (Phi) is 3.44. The first-order valence-electron chi connectivity index (χ1n) is 7.60. The van der Waals surface area contributed by atoms with Crippen molar-refractivity contribution in [3.05, 3.63) is 72.3 Å². The molecule has 5 N–H and O–H groups in total. The average Bonchev–Trinajstić information content (AvgIpc) is 2.74. The summed E-state index contributed by atoms with van der Waals surface area (Å²) in [6.45, 7) is 0.781. The minimum absolute atomic E-state index is 0.779. The molecule has 4 heteroatoms. The van der Waals surface area contributed by atoms with Gasteiger partial charge in [0.25, 0.3) is 0 Å². The number of benzene rings is 3. The van der Waals surface area contributed by atoms with Crippen molar-refractivity contribution in [1.29, 1.82) is 0 Å². The van der Waals surface area contributed by atoms with Crippen LogP contribution < -0.4 is 32.7 Å². The third kappa shape index (κ3) is 2.34. The van der Waals surface area contributed by atoms with Crippen LogP contribution in [0.4, 0.5) is 17.1 Å². The van der Waals surface area contributed by atoms with E-state index >= 15 is 0 Å². The molecule has 0 aromatic heterocycles. The van der Waals surface area contributed by atoms with Gasteiger partial charge in [-0.3, -0.25) is 0 Å². The van der Waals surface area contributed by atoms with Gasteiger partial charge in [-0.2, -0.15) is 0 Å². The van der Waals surface area contributed by atoms with E-state index in [9.17, 15) is 0 Å². The number of hydrogen-bond donors (Lipinski definition) is 3. The zero-order valence-electron chi connectivity index (χ0n) is 12.7. The first-order valence-corrected chi connectivity index (χ1v) is 8.95. The molecular weight excluding hydrogens is 301 g/mol. The molecule has 1 atom stereocenters. The predicted octanol–water partition coefficient (Wildman–Crippen LogP) is 2.53. The van der Waals surface area contributed by atoms with Gasteiger partial charge in [0.2, 0.25) is 0 Å². The highest BCUT2D eigenvalue weighted by molar-refractivity contribution is 7.80. The van der Waals surface area contributed by atoms with E-state index in [0.717, 1.165) is 28.9 Å². The fourth-order valence-corrected chi connectivity index (χ4v) is 5.81. The number of fused-ring (bicyclic) bond motifs is 2. The fourth-order valence-electron chi connectivity index (χ4n) is 3.10. The summed E-state index contributed by atoms with van der Waals surface area (Å²) >= 11 is 0. The summed E-state index contributed by atoms with van der Waals surface area (Å²) in [6.07, 6.45) is 0. The van der Waals surface area contributed by atoms with Crippen molar-refractivity contribution in [1.82, 2.24) is 0 Å². The summed E-state index contributed by atoms with van der Waals surface area (Å²) in [7, 11) is -0.779. The molecule has 1 aliphatic heterocycles. The number of rotatable bonds is 1. The van der Waals surface area contributed by atoms with Gasteiger partial charge in [-0.15, -0.1) is 0 Å². The van der Waals surface area contributed by atoms with Gasteiger partial charge >= 0.3 is 0 Å². The lowest BCUT2D eigenvalue weighted by atomic mass is 10.2. The zero-order valence-corrected chi connectivity index (χ0v) is 13.6. The smallest absolute Gasteiger partial charge is 0.0427 e. The van der Waals surface area contributed by atoms with Crippen LogP contribution >= 0.6 is 7.92 Å². The van der Waals surface area contributed by atoms with Crippen molar-refractivity contribution < 1.29 is 0 Å². The molecule has 4 rings (SSSR count). The molecule has 114 valence electrons. The first-order chi connectivity index (χ1) is 11.3. The van der Waals surface area contributed by atoms with Crippen molar-refractivity contribution in [2.45, 2.75) is 6.54 Å². The summed E-state index contributed by atoms with van der Waals surface area (Å²) in [5, 5.41) is 7.21. The minimum atomic E-state index is -0.779. The lowest BCUT2D eigenvalue weighted by Gasteiger charge is -2.23. The lowest BCUT2D eigenvalue weighted by Crippen LogP contribution is -2.25. The SMILES string of the molecule is Nc1ccccc1P1c2ccccc2NCc2cccc(N)c21. The van der Waals surface area contributed by atoms with Crippen LogP contribution in [0.25, 0.3) is 0 Å². The number of anilines is 3. The predicted molar refractivity (Wildman–Crippen MR) is 101 cm³/mol. The van der Waals surface area contributed by atoms with Crippen LogP contribution in [0.3, 0.4) is 0 Å². The van der Waals surface area contributed by atoms with Crippen LogP contribution in [0.1, 0.15) is 5.56 Å². The van der Waals surface area contributed by atoms with E-state index in [1.807, 2.05) is 30.3 Å². The second-order valence-corrected chi connectivity index (χ2v) is 7.70. The van der Waals surface area contributed by atoms with Crippen molar-refractivity contribution in [2.24, 2.45) is 0 Å². The van der Waals surface area contributed by atoms with Gasteiger partial charge < -0.3 is 16.8 Å². The Morgan fingerprint density at radius 2 is 1.43 bits per heavy atom. The van der Waals surface area contributed by atoms with Crippen LogP contribution in [-0.2, 0) is 6.54 Å². The topological polar surface area (TPSA) is 64.1 Å². The second-order valence-electron chi connectivity index (χ2n) is 5.62. The Bertz CT molecular complexity index is 876. The maximum Gasteiger partial charge on any atom is 0.0427 e. The number of para-hydroxylation sites is 2. The van der Waals surface area contributed by atoms with Crippen LogP contribution in [-0.4, -0.2) is 0 Å². The van der Waals surface area contributed by atoms with E-state index in [1.165, 1.54) is 16.2 Å². The van der Waals surface area contributed by atoms with E-state index in [2.05, 4.69) is 41.7 Å². The standard InChI is InChI=1S/C19H18N3P/c20-14-7-1-3-10-17(14)23-18-11-4-2-9-16(18)22-12-13-6-5-8-15(21)19(13)23/h1-11,22H,12,20-21H2. The summed E-state index contributed by atoms with van der Waals surface area (Å²) in [6, 6.07) is 22.7. The molecule has 3 aromatic rings. The van der Waals surface area contributed by atoms with Gasteiger partial charge in [0.05, 0.1) is 0 Å². The normalized spacial score (nSPS) is 15.9. The fraction of sp³-hybridized carbons (Fsp3) is 0.0526. The summed E-state index contributed by atoms with van der Waals surface area (Å²) in [4.78, 5) is 0. The van der Waals surface area contributed by atoms with E-state index in [4.69, 9.17) is 11.5 Å². The molecule has 0 aliphatic carbocycles. The molecule has 0 radical (unpaired) electrons. The highest BCUT2D eigenvalue weighted by Gasteiger charge is 2.27. The Morgan fingerprint density at radius 3 is 2.26 bits per heavy atom. The van der Waals surface area contributed by atoms with E-state index < -0.39 is 7.92 Å². The third-order valence-corrected chi connectivity index (χ3v) is 6.92. The Balaban J connectivity index is 2.05. The maximum atomic E-state index is 6.39. The molecule has 0 bridgehead atoms. The van der Waals surface area contributed by atoms with Crippen molar-refractivity contribution in [3.63, 3.8) is 0 Å². The highest BCUT2D eigenvalue weighted by Crippen LogP contribution is 2.42. The Morgan fingerprint density at radius 1 is 0.739 bits per heavy atom. The molecular formula is C19H18N3P. The Labute approximate surface area is 137 Å². The van der Waals surface area contributed by atoms with Crippen molar-refractivity contribution >= 4 is 40.9 Å². The molecule has 0 fully saturated rings. The molecule has 23 heavy (non-hydrogen) atoms. The van der Waals surface area contributed by atoms with E-state index in [-0.39, 0.29) is 0 Å². The van der Waals surface area contributed by atoms with Gasteiger partial charge in [0.1, 0.15) is 0 Å². The molecule has 0 amide bonds. The molecule has 0 saturated heterocycles. The first kappa shape index (κ1) is 14.1. The molecule has 0 saturated carbocycles. The largest absolute Gasteiger partial charge is 0.398 e. The number of nitrogens with one attached hydrogen (secondary N) is 1. The summed E-state index contributed by atoms with van der Waals surface area (Å²) in [5.74, 6) is 0. The quantitative estimate of drug-likeness (QED) is 0.477. The number of nitrogens with two attached hydrogens (primary N) is 2. The molecule has 1 aliphatic rings. The van der Waals surface area contributed by atoms with Crippen LogP contribution in [0.5, 0.6) is 0 Å². The third-order valence-electron chi connectivity index (χ3n) is 4.17. The van der Waals surface area contributed by atoms with Crippen LogP contribution in [0.15, 0.2) is 66.7 Å². The molecule has 0 spiro atoms. The molecule has 3 aromatic carbocycles. The van der Waals surface area contributed by atoms with Crippen LogP contribution in [0.2, 0.25) is 0 Å². The monoisotopic (exact) mass is 319 g/mol. The minimum Gasteiger partial charge on any atom is -0.398 e. The van der Waals surface area contributed by atoms with Crippen LogP contribution in [0, 0.1) is 0 Å². The summed E-state index contributed by atoms with van der Waals surface area (Å²) < 4.78 is 0. The Hall–Kier alpha value is -2.51. The van der Waals surface area contributed by atoms with Crippen molar-refractivity contribution in [2.75, 3.05) is 16.8 Å². The molecule has 1 unspecified atom stereocenters. The molecule has 3 nitrogen and oxygen atoms in total. The zero-order chi connectivity index (χ0) is 15.8. The number of nitrogen functional groups attached to an aromatic ring is 2. The van der Waals surface area contributed by atoms with Gasteiger partial charge in [0, 0.05) is 39.5 Å². The van der Waals surface area contributed by atoms with Gasteiger partial charge in [-0.1, -0.05) is 48.5 Å². The second kappa shape index (κ2) is 5.60. The van der Waals surface area contributed by atoms with Gasteiger partial charge in [-0.05, 0) is 31.7 Å². The van der Waals surface area contributed by atoms with E-state index in [0.29, 0.717) is 0 Å². The highest BCUT2D eigenvalue weighted by atomic mass is 31.1. The average molecular weight is 319 g/mol. The lowest BCUT2D eigenvalue weighted by molar-refractivity contribution is 1.17. The van der Waals surface area contributed by atoms with Gasteiger partial charge in [0.15, 0.2) is 0 Å². The molecule has 1 heterocycles.